The maximum Gasteiger partial charge on any atom is 0.258 e. The normalized spacial score (nSPS) is 15.1. The van der Waals surface area contributed by atoms with Crippen LogP contribution in [0.3, 0.4) is 0 Å². The molecule has 0 aliphatic heterocycles. The van der Waals surface area contributed by atoms with E-state index < -0.39 is 0 Å². The monoisotopic (exact) mass is 412 g/mol. The highest BCUT2D eigenvalue weighted by Gasteiger charge is 2.32. The second-order valence-corrected chi connectivity index (χ2v) is 9.17. The zero-order chi connectivity index (χ0) is 21.6. The number of aryl methyl sites for hydroxylation is 2. The molecule has 0 fully saturated rings. The Labute approximate surface area is 182 Å². The van der Waals surface area contributed by atoms with Crippen LogP contribution in [0, 0.1) is 0 Å². The van der Waals surface area contributed by atoms with E-state index in [0.29, 0.717) is 12.4 Å². The summed E-state index contributed by atoms with van der Waals surface area (Å²) in [6.45, 7) is 5.12. The molecule has 1 aliphatic carbocycles. The van der Waals surface area contributed by atoms with Crippen molar-refractivity contribution >= 4 is 10.9 Å². The Bertz CT molecular complexity index is 1310. The minimum atomic E-state index is -0.0933. The molecule has 2 heterocycles. The maximum absolute atomic E-state index is 12.8. The van der Waals surface area contributed by atoms with Gasteiger partial charge in [0.25, 0.3) is 5.56 Å². The lowest BCUT2D eigenvalue weighted by Crippen LogP contribution is -2.26. The number of hydrogen-bond donors (Lipinski definition) is 0. The van der Waals surface area contributed by atoms with Crippen LogP contribution in [0.2, 0.25) is 0 Å². The Morgan fingerprint density at radius 1 is 1.03 bits per heavy atom. The van der Waals surface area contributed by atoms with E-state index in [4.69, 9.17) is 4.74 Å². The van der Waals surface area contributed by atoms with Crippen LogP contribution < -0.4 is 10.3 Å². The highest BCUT2D eigenvalue weighted by molar-refractivity contribution is 5.88. The second-order valence-electron chi connectivity index (χ2n) is 9.17. The third kappa shape index (κ3) is 3.46. The van der Waals surface area contributed by atoms with Crippen LogP contribution in [-0.4, -0.2) is 9.13 Å². The Morgan fingerprint density at radius 3 is 2.61 bits per heavy atom. The van der Waals surface area contributed by atoms with Crippen molar-refractivity contribution in [3.8, 4) is 11.4 Å². The van der Waals surface area contributed by atoms with Gasteiger partial charge in [-0.1, -0.05) is 50.2 Å². The maximum atomic E-state index is 12.8. The SMILES string of the molecule is Cn1c2c(c3ccc(-n4ccc(OCc5ccccc5)cc4=O)cc31)CCCC2(C)C. The Kier molecular flexibility index (Phi) is 4.73. The van der Waals surface area contributed by atoms with E-state index in [9.17, 15) is 4.79 Å². The van der Waals surface area contributed by atoms with Crippen LogP contribution in [0.4, 0.5) is 0 Å². The van der Waals surface area contributed by atoms with Gasteiger partial charge in [-0.05, 0) is 48.6 Å². The summed E-state index contributed by atoms with van der Waals surface area (Å²) in [4.78, 5) is 12.8. The number of pyridine rings is 1. The van der Waals surface area contributed by atoms with Gasteiger partial charge in [-0.25, -0.2) is 0 Å². The standard InChI is InChI=1S/C27H28N2O2/c1-27(2)14-7-10-23-22-12-11-20(16-24(22)28(3)26(23)27)29-15-13-21(17-25(29)30)31-18-19-8-5-4-6-9-19/h4-6,8-9,11-13,15-17H,7,10,14,18H2,1-3H3. The number of benzene rings is 2. The molecule has 0 saturated carbocycles. The molecule has 4 nitrogen and oxygen atoms in total. The average Bonchev–Trinajstić information content (AvgIpc) is 3.06. The fraction of sp³-hybridized carbons (Fsp3) is 0.296. The van der Waals surface area contributed by atoms with E-state index in [-0.39, 0.29) is 11.0 Å². The van der Waals surface area contributed by atoms with Crippen molar-refractivity contribution in [3.05, 3.63) is 94.0 Å². The first-order valence-electron chi connectivity index (χ1n) is 11.0. The molecule has 0 radical (unpaired) electrons. The highest BCUT2D eigenvalue weighted by atomic mass is 16.5. The zero-order valence-electron chi connectivity index (χ0n) is 18.4. The minimum absolute atomic E-state index is 0.0933. The molecule has 5 rings (SSSR count). The van der Waals surface area contributed by atoms with E-state index >= 15 is 0 Å². The highest BCUT2D eigenvalue weighted by Crippen LogP contribution is 2.41. The van der Waals surface area contributed by atoms with Gasteiger partial charge in [0, 0.05) is 35.8 Å². The summed E-state index contributed by atoms with van der Waals surface area (Å²) < 4.78 is 9.83. The first-order valence-corrected chi connectivity index (χ1v) is 11.0. The van der Waals surface area contributed by atoms with Gasteiger partial charge >= 0.3 is 0 Å². The van der Waals surface area contributed by atoms with Crippen LogP contribution in [0.25, 0.3) is 16.6 Å². The summed E-state index contributed by atoms with van der Waals surface area (Å²) in [6.07, 6.45) is 5.37. The smallest absolute Gasteiger partial charge is 0.258 e. The summed E-state index contributed by atoms with van der Waals surface area (Å²) >= 11 is 0. The molecule has 0 bridgehead atoms. The van der Waals surface area contributed by atoms with Crippen molar-refractivity contribution in [2.75, 3.05) is 0 Å². The molecule has 2 aromatic heterocycles. The lowest BCUT2D eigenvalue weighted by molar-refractivity contribution is 0.305. The van der Waals surface area contributed by atoms with Crippen LogP contribution in [0.1, 0.15) is 43.5 Å². The first kappa shape index (κ1) is 19.7. The largest absolute Gasteiger partial charge is 0.489 e. The van der Waals surface area contributed by atoms with Gasteiger partial charge in [-0.15, -0.1) is 0 Å². The second kappa shape index (κ2) is 7.45. The van der Waals surface area contributed by atoms with Gasteiger partial charge < -0.3 is 9.30 Å². The van der Waals surface area contributed by atoms with Gasteiger partial charge in [0.1, 0.15) is 12.4 Å². The molecule has 0 spiro atoms. The molecule has 4 heteroatoms. The molecular formula is C27H28N2O2. The first-order chi connectivity index (χ1) is 14.9. The number of ether oxygens (including phenoxy) is 1. The number of rotatable bonds is 4. The molecule has 1 aliphatic rings. The Balaban J connectivity index is 1.48. The fourth-order valence-electron chi connectivity index (χ4n) is 5.10. The molecule has 2 aromatic carbocycles. The molecule has 4 aromatic rings. The Morgan fingerprint density at radius 2 is 1.84 bits per heavy atom. The minimum Gasteiger partial charge on any atom is -0.489 e. The number of nitrogens with zero attached hydrogens (tertiary/aromatic N) is 2. The molecule has 0 saturated heterocycles. The van der Waals surface area contributed by atoms with Crippen LogP contribution in [0.15, 0.2) is 71.7 Å². The fourth-order valence-corrected chi connectivity index (χ4v) is 5.10. The van der Waals surface area contributed by atoms with Crippen LogP contribution in [-0.2, 0) is 25.5 Å². The van der Waals surface area contributed by atoms with Crippen molar-refractivity contribution in [3.63, 3.8) is 0 Å². The van der Waals surface area contributed by atoms with E-state index in [2.05, 4.69) is 43.7 Å². The van der Waals surface area contributed by atoms with E-state index in [0.717, 1.165) is 17.7 Å². The molecule has 0 atom stereocenters. The summed E-state index contributed by atoms with van der Waals surface area (Å²) in [6, 6.07) is 19.7. The summed E-state index contributed by atoms with van der Waals surface area (Å²) in [7, 11) is 2.15. The molecule has 0 amide bonds. The van der Waals surface area contributed by atoms with Gasteiger partial charge in [-0.2, -0.15) is 0 Å². The quantitative estimate of drug-likeness (QED) is 0.442. The van der Waals surface area contributed by atoms with Gasteiger partial charge in [0.2, 0.25) is 0 Å². The number of fused-ring (bicyclic) bond motifs is 3. The third-order valence-corrected chi connectivity index (χ3v) is 6.58. The molecule has 0 N–H and O–H groups in total. The van der Waals surface area contributed by atoms with E-state index in [1.54, 1.807) is 16.8 Å². The summed E-state index contributed by atoms with van der Waals surface area (Å²) in [5.74, 6) is 0.585. The van der Waals surface area contributed by atoms with Crippen LogP contribution >= 0.6 is 0 Å². The number of aromatic nitrogens is 2. The third-order valence-electron chi connectivity index (χ3n) is 6.58. The predicted octanol–water partition coefficient (Wildman–Crippen LogP) is 5.52. The van der Waals surface area contributed by atoms with Crippen molar-refractivity contribution in [2.24, 2.45) is 7.05 Å². The van der Waals surface area contributed by atoms with Gasteiger partial charge in [0.05, 0.1) is 11.2 Å². The predicted molar refractivity (Wildman–Crippen MR) is 125 cm³/mol. The Hall–Kier alpha value is -3.27. The van der Waals surface area contributed by atoms with Gasteiger partial charge in [-0.3, -0.25) is 9.36 Å². The summed E-state index contributed by atoms with van der Waals surface area (Å²) in [5, 5.41) is 1.31. The van der Waals surface area contributed by atoms with E-state index in [1.165, 1.54) is 35.0 Å². The molecule has 0 unspecified atom stereocenters. The molecule has 158 valence electrons. The van der Waals surface area contributed by atoms with Gasteiger partial charge in [0.15, 0.2) is 0 Å². The average molecular weight is 413 g/mol. The van der Waals surface area contributed by atoms with Crippen molar-refractivity contribution < 1.29 is 4.74 Å². The molecular weight excluding hydrogens is 384 g/mol. The van der Waals surface area contributed by atoms with Crippen LogP contribution in [0.5, 0.6) is 5.75 Å². The lowest BCUT2D eigenvalue weighted by Gasteiger charge is -2.31. The van der Waals surface area contributed by atoms with Crippen molar-refractivity contribution in [2.45, 2.75) is 45.1 Å². The number of hydrogen-bond acceptors (Lipinski definition) is 2. The van der Waals surface area contributed by atoms with E-state index in [1.807, 2.05) is 36.4 Å². The lowest BCUT2D eigenvalue weighted by atomic mass is 9.76. The van der Waals surface area contributed by atoms with Crippen molar-refractivity contribution in [1.82, 2.24) is 9.13 Å². The topological polar surface area (TPSA) is 36.2 Å². The zero-order valence-corrected chi connectivity index (χ0v) is 18.4. The van der Waals surface area contributed by atoms with Crippen molar-refractivity contribution in [1.29, 1.82) is 0 Å². The summed E-state index contributed by atoms with van der Waals surface area (Å²) in [5.41, 5.74) is 6.13. The molecule has 31 heavy (non-hydrogen) atoms.